The monoisotopic (exact) mass is 289 g/mol. The fourth-order valence-electron chi connectivity index (χ4n) is 2.78. The van der Waals surface area contributed by atoms with Crippen molar-refractivity contribution in [3.05, 3.63) is 42.2 Å². The van der Waals surface area contributed by atoms with Crippen molar-refractivity contribution >= 4 is 5.82 Å². The van der Waals surface area contributed by atoms with Crippen LogP contribution in [-0.2, 0) is 6.42 Å². The molecule has 0 aromatic carbocycles. The van der Waals surface area contributed by atoms with Gasteiger partial charge in [-0.3, -0.25) is 4.98 Å². The molecular weight excluding hydrogens is 272 g/mol. The summed E-state index contributed by atoms with van der Waals surface area (Å²) in [6, 6.07) is 7.61. The summed E-state index contributed by atoms with van der Waals surface area (Å²) in [4.78, 5) is 10.4. The summed E-state index contributed by atoms with van der Waals surface area (Å²) >= 11 is 0. The van der Waals surface area contributed by atoms with Gasteiger partial charge in [0.05, 0.1) is 12.2 Å². The van der Waals surface area contributed by atoms with Crippen LogP contribution in [0, 0.1) is 0 Å². The van der Waals surface area contributed by atoms with Crippen LogP contribution in [0.25, 0.3) is 11.3 Å². The van der Waals surface area contributed by atoms with E-state index in [1.165, 1.54) is 0 Å². The number of aromatic nitrogens is 2. The van der Waals surface area contributed by atoms with Crippen molar-refractivity contribution in [2.45, 2.75) is 25.7 Å². The number of hydrogen-bond acceptors (Lipinski definition) is 3. The van der Waals surface area contributed by atoms with Gasteiger partial charge in [-0.15, -0.1) is 0 Å². The molecule has 0 N–H and O–H groups in total. The number of pyridine rings is 2. The molecular formula is C16H17F2N3. The smallest absolute Gasteiger partial charge is 0.266 e. The number of anilines is 1. The van der Waals surface area contributed by atoms with Crippen molar-refractivity contribution in [2.75, 3.05) is 18.0 Å². The Hall–Kier alpha value is -2.04. The van der Waals surface area contributed by atoms with E-state index in [0.717, 1.165) is 23.2 Å². The highest BCUT2D eigenvalue weighted by Gasteiger charge is 2.39. The Balaban J connectivity index is 2.03. The predicted molar refractivity (Wildman–Crippen MR) is 78.6 cm³/mol. The Kier molecular flexibility index (Phi) is 3.57. The summed E-state index contributed by atoms with van der Waals surface area (Å²) in [5.41, 5.74) is 2.80. The molecule has 3 heterocycles. The zero-order valence-electron chi connectivity index (χ0n) is 11.9. The van der Waals surface area contributed by atoms with E-state index in [-0.39, 0.29) is 13.0 Å². The standard InChI is InChI=1S/C16H17F2N3/c1-2-12-13(14-5-3-4-8-19-14)6-9-20-15(12)21-10-7-16(17,18)11-21/h3-6,8-9H,2,7,10-11H2,1H3. The van der Waals surface area contributed by atoms with Crippen molar-refractivity contribution in [3.8, 4) is 11.3 Å². The van der Waals surface area contributed by atoms with E-state index >= 15 is 0 Å². The third-order valence-electron chi connectivity index (χ3n) is 3.80. The van der Waals surface area contributed by atoms with Crippen LogP contribution in [0.3, 0.4) is 0 Å². The molecule has 0 amide bonds. The zero-order chi connectivity index (χ0) is 14.9. The molecule has 1 saturated heterocycles. The molecule has 0 bridgehead atoms. The largest absolute Gasteiger partial charge is 0.350 e. The highest BCUT2D eigenvalue weighted by molar-refractivity contribution is 5.70. The van der Waals surface area contributed by atoms with Crippen molar-refractivity contribution < 1.29 is 8.78 Å². The normalized spacial score (nSPS) is 17.2. The lowest BCUT2D eigenvalue weighted by molar-refractivity contribution is 0.0256. The molecule has 5 heteroatoms. The Morgan fingerprint density at radius 1 is 1.19 bits per heavy atom. The van der Waals surface area contributed by atoms with Crippen LogP contribution in [-0.4, -0.2) is 29.0 Å². The zero-order valence-corrected chi connectivity index (χ0v) is 11.9. The molecule has 21 heavy (non-hydrogen) atoms. The van der Waals surface area contributed by atoms with E-state index in [0.29, 0.717) is 12.4 Å². The lowest BCUT2D eigenvalue weighted by atomic mass is 10.0. The number of alkyl halides is 2. The van der Waals surface area contributed by atoms with Gasteiger partial charge in [-0.2, -0.15) is 0 Å². The molecule has 0 aliphatic carbocycles. The highest BCUT2D eigenvalue weighted by Crippen LogP contribution is 2.34. The third-order valence-corrected chi connectivity index (χ3v) is 3.80. The fraction of sp³-hybridized carbons (Fsp3) is 0.375. The Bertz CT molecular complexity index is 629. The maximum Gasteiger partial charge on any atom is 0.266 e. The van der Waals surface area contributed by atoms with E-state index in [9.17, 15) is 8.78 Å². The molecule has 0 unspecified atom stereocenters. The molecule has 2 aromatic heterocycles. The molecule has 110 valence electrons. The molecule has 3 rings (SSSR count). The lowest BCUT2D eigenvalue weighted by Crippen LogP contribution is -2.26. The van der Waals surface area contributed by atoms with E-state index in [4.69, 9.17) is 0 Å². The molecule has 0 spiro atoms. The van der Waals surface area contributed by atoms with Gasteiger partial charge < -0.3 is 4.90 Å². The maximum absolute atomic E-state index is 13.5. The van der Waals surface area contributed by atoms with Crippen molar-refractivity contribution in [3.63, 3.8) is 0 Å². The van der Waals surface area contributed by atoms with E-state index in [1.54, 1.807) is 17.3 Å². The van der Waals surface area contributed by atoms with Crippen LogP contribution in [0.4, 0.5) is 14.6 Å². The molecule has 1 aliphatic heterocycles. The van der Waals surface area contributed by atoms with Crippen LogP contribution in [0.2, 0.25) is 0 Å². The van der Waals surface area contributed by atoms with E-state index in [1.807, 2.05) is 31.2 Å². The Labute approximate surface area is 122 Å². The molecule has 1 fully saturated rings. The molecule has 0 radical (unpaired) electrons. The second kappa shape index (κ2) is 5.39. The topological polar surface area (TPSA) is 29.0 Å². The van der Waals surface area contributed by atoms with Crippen LogP contribution >= 0.6 is 0 Å². The predicted octanol–water partition coefficient (Wildman–Crippen LogP) is 3.55. The van der Waals surface area contributed by atoms with Gasteiger partial charge in [0.1, 0.15) is 5.82 Å². The molecule has 0 saturated carbocycles. The van der Waals surface area contributed by atoms with E-state index < -0.39 is 5.92 Å². The second-order valence-corrected chi connectivity index (χ2v) is 5.26. The summed E-state index contributed by atoms with van der Waals surface area (Å²) in [5.74, 6) is -1.95. The van der Waals surface area contributed by atoms with Gasteiger partial charge in [-0.1, -0.05) is 13.0 Å². The number of hydrogen-bond donors (Lipinski definition) is 0. The van der Waals surface area contributed by atoms with Gasteiger partial charge in [0.15, 0.2) is 0 Å². The number of nitrogens with zero attached hydrogens (tertiary/aromatic N) is 3. The van der Waals surface area contributed by atoms with Crippen molar-refractivity contribution in [1.29, 1.82) is 0 Å². The maximum atomic E-state index is 13.5. The first-order chi connectivity index (χ1) is 10.1. The fourth-order valence-corrected chi connectivity index (χ4v) is 2.78. The lowest BCUT2D eigenvalue weighted by Gasteiger charge is -2.21. The minimum Gasteiger partial charge on any atom is -0.350 e. The Morgan fingerprint density at radius 3 is 2.67 bits per heavy atom. The summed E-state index contributed by atoms with van der Waals surface area (Å²) in [6.07, 6.45) is 4.04. The number of rotatable bonds is 3. The first kappa shape index (κ1) is 13.9. The van der Waals surface area contributed by atoms with Gasteiger partial charge in [0.25, 0.3) is 5.92 Å². The third kappa shape index (κ3) is 2.73. The SMILES string of the molecule is CCc1c(-c2ccccn2)ccnc1N1CCC(F)(F)C1. The van der Waals surface area contributed by atoms with Crippen molar-refractivity contribution in [1.82, 2.24) is 9.97 Å². The summed E-state index contributed by atoms with van der Waals surface area (Å²) in [6.45, 7) is 2.11. The highest BCUT2D eigenvalue weighted by atomic mass is 19.3. The summed E-state index contributed by atoms with van der Waals surface area (Å²) in [7, 11) is 0. The molecule has 3 nitrogen and oxygen atoms in total. The van der Waals surface area contributed by atoms with Crippen molar-refractivity contribution in [2.24, 2.45) is 0 Å². The van der Waals surface area contributed by atoms with Crippen LogP contribution < -0.4 is 4.90 Å². The minimum absolute atomic E-state index is 0.106. The second-order valence-electron chi connectivity index (χ2n) is 5.26. The summed E-state index contributed by atoms with van der Waals surface area (Å²) in [5, 5.41) is 0. The van der Waals surface area contributed by atoms with Gasteiger partial charge >= 0.3 is 0 Å². The van der Waals surface area contributed by atoms with Gasteiger partial charge in [0.2, 0.25) is 0 Å². The average Bonchev–Trinajstić information content (AvgIpc) is 2.87. The van der Waals surface area contributed by atoms with Gasteiger partial charge in [-0.25, -0.2) is 13.8 Å². The molecule has 2 aromatic rings. The minimum atomic E-state index is -2.62. The molecule has 0 atom stereocenters. The Morgan fingerprint density at radius 2 is 2.05 bits per heavy atom. The first-order valence-electron chi connectivity index (χ1n) is 7.13. The van der Waals surface area contributed by atoms with Gasteiger partial charge in [-0.05, 0) is 24.6 Å². The first-order valence-corrected chi connectivity index (χ1v) is 7.13. The summed E-state index contributed by atoms with van der Waals surface area (Å²) < 4.78 is 26.9. The van der Waals surface area contributed by atoms with Crippen LogP contribution in [0.1, 0.15) is 18.9 Å². The quantitative estimate of drug-likeness (QED) is 0.865. The average molecular weight is 289 g/mol. The van der Waals surface area contributed by atoms with E-state index in [2.05, 4.69) is 9.97 Å². The van der Waals surface area contributed by atoms with Crippen LogP contribution in [0.5, 0.6) is 0 Å². The van der Waals surface area contributed by atoms with Gasteiger partial charge in [0, 0.05) is 36.5 Å². The van der Waals surface area contributed by atoms with Crippen LogP contribution in [0.15, 0.2) is 36.7 Å². The number of halogens is 2. The molecule has 1 aliphatic rings.